The lowest BCUT2D eigenvalue weighted by molar-refractivity contribution is 0.193. The minimum Gasteiger partial charge on any atom is -0.324 e. The zero-order valence-corrected chi connectivity index (χ0v) is 13.8. The Morgan fingerprint density at radius 1 is 1.18 bits per heavy atom. The Kier molecular flexibility index (Phi) is 5.42. The van der Waals surface area contributed by atoms with Gasteiger partial charge in [-0.25, -0.2) is 17.9 Å². The fourth-order valence-electron chi connectivity index (χ4n) is 2.29. The molecule has 0 radical (unpaired) electrons. The Balaban J connectivity index is 1.83. The highest BCUT2D eigenvalue weighted by atomic mass is 32.2. The highest BCUT2D eigenvalue weighted by molar-refractivity contribution is 7.90. The zero-order valence-electron chi connectivity index (χ0n) is 13.0. The summed E-state index contributed by atoms with van der Waals surface area (Å²) in [6.45, 7) is 4.41. The summed E-state index contributed by atoms with van der Waals surface area (Å²) in [4.78, 5) is 13.9. The van der Waals surface area contributed by atoms with Crippen LogP contribution < -0.4 is 10.0 Å². The van der Waals surface area contributed by atoms with E-state index in [-0.39, 0.29) is 12.1 Å². The van der Waals surface area contributed by atoms with Gasteiger partial charge in [0.1, 0.15) is 0 Å². The van der Waals surface area contributed by atoms with Crippen molar-refractivity contribution in [2.75, 3.05) is 18.4 Å². The Bertz CT molecular complexity index is 594. The van der Waals surface area contributed by atoms with Crippen molar-refractivity contribution in [2.24, 2.45) is 0 Å². The fraction of sp³-hybridized carbons (Fsp3) is 0.533. The molecule has 6 nitrogen and oxygen atoms in total. The predicted octanol–water partition coefficient (Wildman–Crippen LogP) is 2.01. The number of piperidine rings is 1. The van der Waals surface area contributed by atoms with E-state index in [1.54, 1.807) is 18.7 Å². The highest BCUT2D eigenvalue weighted by Crippen LogP contribution is 2.14. The van der Waals surface area contributed by atoms with E-state index < -0.39 is 15.3 Å². The third kappa shape index (κ3) is 4.45. The van der Waals surface area contributed by atoms with Gasteiger partial charge in [-0.1, -0.05) is 18.2 Å². The molecule has 2 N–H and O–H groups in total. The van der Waals surface area contributed by atoms with Gasteiger partial charge in [-0.15, -0.1) is 0 Å². The summed E-state index contributed by atoms with van der Waals surface area (Å²) < 4.78 is 26.4. The van der Waals surface area contributed by atoms with Crippen LogP contribution >= 0.6 is 0 Å². The van der Waals surface area contributed by atoms with Gasteiger partial charge >= 0.3 is 6.03 Å². The number of urea groups is 1. The molecule has 1 aliphatic heterocycles. The van der Waals surface area contributed by atoms with Crippen molar-refractivity contribution >= 4 is 21.7 Å². The van der Waals surface area contributed by atoms with Crippen molar-refractivity contribution in [1.82, 2.24) is 9.62 Å². The van der Waals surface area contributed by atoms with Crippen LogP contribution in [0.1, 0.15) is 26.7 Å². The Morgan fingerprint density at radius 3 is 2.32 bits per heavy atom. The SMILES string of the molecule is CC(C)S(=O)(=O)NC1CCN(C(=O)Nc2ccccc2)CC1. The number of carbonyl (C=O) groups is 1. The number of anilines is 1. The Hall–Kier alpha value is -1.60. The fourth-order valence-corrected chi connectivity index (χ4v) is 3.27. The van der Waals surface area contributed by atoms with Crippen molar-refractivity contribution in [2.45, 2.75) is 38.0 Å². The molecule has 2 rings (SSSR count). The molecule has 0 aliphatic carbocycles. The lowest BCUT2D eigenvalue weighted by atomic mass is 10.1. The topological polar surface area (TPSA) is 78.5 Å². The molecule has 22 heavy (non-hydrogen) atoms. The van der Waals surface area contributed by atoms with Gasteiger partial charge in [0.15, 0.2) is 0 Å². The van der Waals surface area contributed by atoms with Crippen LogP contribution in [0.15, 0.2) is 30.3 Å². The maximum Gasteiger partial charge on any atom is 0.321 e. The van der Waals surface area contributed by atoms with Crippen LogP contribution in [0.25, 0.3) is 0 Å². The first-order valence-electron chi connectivity index (χ1n) is 7.50. The molecule has 1 aromatic carbocycles. The quantitative estimate of drug-likeness (QED) is 0.889. The smallest absolute Gasteiger partial charge is 0.321 e. The number of hydrogen-bond acceptors (Lipinski definition) is 3. The number of nitrogens with zero attached hydrogens (tertiary/aromatic N) is 1. The molecule has 1 fully saturated rings. The van der Waals surface area contributed by atoms with Gasteiger partial charge in [-0.05, 0) is 38.8 Å². The summed E-state index contributed by atoms with van der Waals surface area (Å²) in [5.74, 6) is 0. The van der Waals surface area contributed by atoms with Gasteiger partial charge in [0.05, 0.1) is 5.25 Å². The van der Waals surface area contributed by atoms with Crippen LogP contribution in [0.4, 0.5) is 10.5 Å². The summed E-state index contributed by atoms with van der Waals surface area (Å²) in [6.07, 6.45) is 1.27. The van der Waals surface area contributed by atoms with E-state index in [0.29, 0.717) is 25.9 Å². The van der Waals surface area contributed by atoms with Gasteiger partial charge < -0.3 is 10.2 Å². The van der Waals surface area contributed by atoms with Crippen LogP contribution in [0.3, 0.4) is 0 Å². The molecule has 0 spiro atoms. The summed E-state index contributed by atoms with van der Waals surface area (Å²) >= 11 is 0. The van der Waals surface area contributed by atoms with Crippen molar-refractivity contribution in [1.29, 1.82) is 0 Å². The van der Waals surface area contributed by atoms with Gasteiger partial charge in [0, 0.05) is 24.8 Å². The predicted molar refractivity (Wildman–Crippen MR) is 87.2 cm³/mol. The lowest BCUT2D eigenvalue weighted by Gasteiger charge is -2.32. The molecule has 1 aromatic rings. The number of nitrogens with one attached hydrogen (secondary N) is 2. The molecule has 7 heteroatoms. The molecule has 0 saturated carbocycles. The third-order valence-corrected chi connectivity index (χ3v) is 5.66. The maximum absolute atomic E-state index is 12.1. The average Bonchev–Trinajstić information content (AvgIpc) is 2.48. The number of likely N-dealkylation sites (tertiary alicyclic amines) is 1. The summed E-state index contributed by atoms with van der Waals surface area (Å²) in [6, 6.07) is 9.06. The van der Waals surface area contributed by atoms with E-state index in [1.165, 1.54) is 0 Å². The summed E-state index contributed by atoms with van der Waals surface area (Å²) in [5, 5.41) is 2.40. The van der Waals surface area contributed by atoms with Crippen LogP contribution in [0, 0.1) is 0 Å². The molecule has 0 aromatic heterocycles. The molecule has 2 amide bonds. The van der Waals surface area contributed by atoms with Gasteiger partial charge in [-0.2, -0.15) is 0 Å². The number of sulfonamides is 1. The van der Waals surface area contributed by atoms with Crippen molar-refractivity contribution < 1.29 is 13.2 Å². The minimum atomic E-state index is -3.25. The van der Waals surface area contributed by atoms with Crippen molar-refractivity contribution in [3.8, 4) is 0 Å². The first kappa shape index (κ1) is 16.8. The zero-order chi connectivity index (χ0) is 16.2. The molecule has 0 unspecified atom stereocenters. The van der Waals surface area contributed by atoms with Gasteiger partial charge in [-0.3, -0.25) is 0 Å². The summed E-state index contributed by atoms with van der Waals surface area (Å²) in [5.41, 5.74) is 0.759. The van der Waals surface area contributed by atoms with Crippen LogP contribution in [0.2, 0.25) is 0 Å². The third-order valence-electron chi connectivity index (χ3n) is 3.76. The molecule has 0 atom stereocenters. The lowest BCUT2D eigenvalue weighted by Crippen LogP contribution is -2.48. The number of benzene rings is 1. The highest BCUT2D eigenvalue weighted by Gasteiger charge is 2.27. The van der Waals surface area contributed by atoms with E-state index >= 15 is 0 Å². The molecule has 1 aliphatic rings. The van der Waals surface area contributed by atoms with Gasteiger partial charge in [0.25, 0.3) is 0 Å². The second-order valence-corrected chi connectivity index (χ2v) is 8.04. The number of amides is 2. The maximum atomic E-state index is 12.1. The van der Waals surface area contributed by atoms with E-state index in [1.807, 2.05) is 30.3 Å². The molecular weight excluding hydrogens is 302 g/mol. The van der Waals surface area contributed by atoms with E-state index in [9.17, 15) is 13.2 Å². The first-order valence-corrected chi connectivity index (χ1v) is 9.05. The number of hydrogen-bond donors (Lipinski definition) is 2. The standard InChI is InChI=1S/C15H23N3O3S/c1-12(2)22(20,21)17-14-8-10-18(11-9-14)15(19)16-13-6-4-3-5-7-13/h3-7,12,14,17H,8-11H2,1-2H3,(H,16,19). The molecule has 1 heterocycles. The monoisotopic (exact) mass is 325 g/mol. The number of carbonyl (C=O) groups excluding carboxylic acids is 1. The van der Waals surface area contributed by atoms with Crippen molar-refractivity contribution in [3.05, 3.63) is 30.3 Å². The minimum absolute atomic E-state index is 0.0897. The normalized spacial score (nSPS) is 16.8. The molecule has 1 saturated heterocycles. The second kappa shape index (κ2) is 7.11. The number of para-hydroxylation sites is 1. The molecular formula is C15H23N3O3S. The average molecular weight is 325 g/mol. The van der Waals surface area contributed by atoms with E-state index in [4.69, 9.17) is 0 Å². The summed E-state index contributed by atoms with van der Waals surface area (Å²) in [7, 11) is -3.25. The Morgan fingerprint density at radius 2 is 1.77 bits per heavy atom. The van der Waals surface area contributed by atoms with Gasteiger partial charge in [0.2, 0.25) is 10.0 Å². The van der Waals surface area contributed by atoms with Crippen molar-refractivity contribution in [3.63, 3.8) is 0 Å². The van der Waals surface area contributed by atoms with E-state index in [0.717, 1.165) is 5.69 Å². The number of rotatable bonds is 4. The molecule has 0 bridgehead atoms. The van der Waals surface area contributed by atoms with Crippen LogP contribution in [-0.2, 0) is 10.0 Å². The largest absolute Gasteiger partial charge is 0.324 e. The van der Waals surface area contributed by atoms with Crippen LogP contribution in [0.5, 0.6) is 0 Å². The Labute approximate surface area is 131 Å². The van der Waals surface area contributed by atoms with E-state index in [2.05, 4.69) is 10.0 Å². The van der Waals surface area contributed by atoms with Crippen LogP contribution in [-0.4, -0.2) is 43.7 Å². The molecule has 122 valence electrons. The second-order valence-electron chi connectivity index (χ2n) is 5.77. The first-order chi connectivity index (χ1) is 10.4.